The van der Waals surface area contributed by atoms with Crippen molar-refractivity contribution in [2.75, 3.05) is 7.11 Å². The van der Waals surface area contributed by atoms with E-state index >= 15 is 0 Å². The molecular weight excluding hydrogens is 216 g/mol. The Morgan fingerprint density at radius 3 is 2.06 bits per heavy atom. The smallest absolute Gasteiger partial charge is 0.340 e. The minimum atomic E-state index is -0.536. The third-order valence-electron chi connectivity index (χ3n) is 1.75. The molecule has 0 spiro atoms. The second-order valence-electron chi connectivity index (χ2n) is 3.32. The number of esters is 1. The molecule has 1 atom stereocenters. The Labute approximate surface area is 105 Å². The van der Waals surface area contributed by atoms with E-state index in [0.717, 1.165) is 0 Å². The van der Waals surface area contributed by atoms with Crippen LogP contribution in [0.25, 0.3) is 0 Å². The lowest BCUT2D eigenvalue weighted by Crippen LogP contribution is -2.25. The fourth-order valence-corrected chi connectivity index (χ4v) is 0.976. The highest BCUT2D eigenvalue weighted by Crippen LogP contribution is 2.10. The van der Waals surface area contributed by atoms with E-state index in [9.17, 15) is 4.79 Å². The van der Waals surface area contributed by atoms with Crippen molar-refractivity contribution in [3.63, 3.8) is 0 Å². The van der Waals surface area contributed by atoms with E-state index < -0.39 is 12.3 Å². The molecule has 0 bridgehead atoms. The minimum absolute atomic E-state index is 0.105. The molecule has 0 saturated carbocycles. The molecule has 0 amide bonds. The number of carbonyl (C=O) groups is 1. The highest BCUT2D eigenvalue weighted by atomic mass is 16.7. The molecular formula is C14H24O3. The maximum absolute atomic E-state index is 11.5. The molecule has 0 fully saturated rings. The van der Waals surface area contributed by atoms with Crippen LogP contribution in [0.15, 0.2) is 37.0 Å². The van der Waals surface area contributed by atoms with Gasteiger partial charge in [0.1, 0.15) is 0 Å². The lowest BCUT2D eigenvalue weighted by atomic mass is 10.2. The van der Waals surface area contributed by atoms with Crippen LogP contribution in [0.2, 0.25) is 0 Å². The van der Waals surface area contributed by atoms with Gasteiger partial charge in [0, 0.05) is 13.0 Å². The fourth-order valence-electron chi connectivity index (χ4n) is 0.976. The van der Waals surface area contributed by atoms with E-state index in [0.29, 0.717) is 5.57 Å². The predicted molar refractivity (Wildman–Crippen MR) is 71.6 cm³/mol. The van der Waals surface area contributed by atoms with Gasteiger partial charge in [0.15, 0.2) is 0 Å². The third kappa shape index (κ3) is 7.53. The summed E-state index contributed by atoms with van der Waals surface area (Å²) in [5.74, 6) is -0.348. The average Bonchev–Trinajstić information content (AvgIpc) is 2.34. The Kier molecular flexibility index (Phi) is 11.8. The van der Waals surface area contributed by atoms with Gasteiger partial charge in [0.05, 0.1) is 5.57 Å². The van der Waals surface area contributed by atoms with Crippen LogP contribution in [0.3, 0.4) is 0 Å². The first-order chi connectivity index (χ1) is 8.06. The maximum Gasteiger partial charge on any atom is 0.340 e. The van der Waals surface area contributed by atoms with E-state index in [4.69, 9.17) is 9.47 Å². The zero-order valence-electron chi connectivity index (χ0n) is 11.5. The molecule has 0 aliphatic rings. The van der Waals surface area contributed by atoms with Gasteiger partial charge < -0.3 is 9.47 Å². The van der Waals surface area contributed by atoms with Gasteiger partial charge in [-0.25, -0.2) is 4.79 Å². The second kappa shape index (κ2) is 11.1. The summed E-state index contributed by atoms with van der Waals surface area (Å²) in [6, 6.07) is 0. The van der Waals surface area contributed by atoms with E-state index in [1.54, 1.807) is 6.08 Å². The SMILES string of the molecule is C=C/C=C(\C=C)C(=O)OC(OC)C(C)C.CC. The molecule has 0 aromatic heterocycles. The molecule has 0 rings (SSSR count). The zero-order chi connectivity index (χ0) is 13.8. The predicted octanol–water partition coefficient (Wildman–Crippen LogP) is 3.48. The van der Waals surface area contributed by atoms with Crippen LogP contribution in [-0.4, -0.2) is 19.4 Å². The average molecular weight is 240 g/mol. The molecule has 3 nitrogen and oxygen atoms in total. The van der Waals surface area contributed by atoms with Crippen LogP contribution in [0.1, 0.15) is 27.7 Å². The van der Waals surface area contributed by atoms with E-state index in [1.165, 1.54) is 19.3 Å². The summed E-state index contributed by atoms with van der Waals surface area (Å²) >= 11 is 0. The highest BCUT2D eigenvalue weighted by molar-refractivity contribution is 5.91. The van der Waals surface area contributed by atoms with E-state index in [1.807, 2.05) is 27.7 Å². The quantitative estimate of drug-likeness (QED) is 0.308. The Morgan fingerprint density at radius 2 is 1.76 bits per heavy atom. The van der Waals surface area contributed by atoms with Crippen molar-refractivity contribution in [2.24, 2.45) is 5.92 Å². The number of hydrogen-bond acceptors (Lipinski definition) is 3. The number of rotatable bonds is 6. The molecule has 0 aromatic carbocycles. The summed E-state index contributed by atoms with van der Waals surface area (Å²) < 4.78 is 10.1. The molecule has 0 radical (unpaired) electrons. The van der Waals surface area contributed by atoms with Crippen molar-refractivity contribution in [1.82, 2.24) is 0 Å². The number of hydrogen-bond donors (Lipinski definition) is 0. The molecule has 17 heavy (non-hydrogen) atoms. The first kappa shape index (κ1) is 18.0. The van der Waals surface area contributed by atoms with Gasteiger partial charge >= 0.3 is 5.97 Å². The summed E-state index contributed by atoms with van der Waals surface area (Å²) in [6.07, 6.45) is 3.94. The van der Waals surface area contributed by atoms with Crippen LogP contribution >= 0.6 is 0 Å². The van der Waals surface area contributed by atoms with E-state index in [2.05, 4.69) is 13.2 Å². The van der Waals surface area contributed by atoms with Gasteiger partial charge in [0.2, 0.25) is 6.29 Å². The molecule has 0 saturated heterocycles. The number of methoxy groups -OCH3 is 1. The summed E-state index contributed by atoms with van der Waals surface area (Å²) in [4.78, 5) is 11.5. The largest absolute Gasteiger partial charge is 0.432 e. The molecule has 0 aromatic rings. The fraction of sp³-hybridized carbons (Fsp3) is 0.500. The standard InChI is InChI=1S/C12H18O3.C2H6/c1-6-8-10(7-2)11(13)15-12(14-5)9(3)4;1-2/h6-9,12H,1-2H2,3-5H3;1-2H3/b10-8+;. The van der Waals surface area contributed by atoms with Crippen molar-refractivity contribution in [2.45, 2.75) is 34.0 Å². The van der Waals surface area contributed by atoms with Crippen molar-refractivity contribution in [3.8, 4) is 0 Å². The Hall–Kier alpha value is -1.35. The first-order valence-electron chi connectivity index (χ1n) is 5.75. The van der Waals surface area contributed by atoms with Gasteiger partial charge in [-0.2, -0.15) is 0 Å². The van der Waals surface area contributed by atoms with Gasteiger partial charge in [-0.3, -0.25) is 0 Å². The molecule has 0 aliphatic carbocycles. The number of allylic oxidation sites excluding steroid dienone is 2. The molecule has 1 unspecified atom stereocenters. The van der Waals surface area contributed by atoms with Crippen LogP contribution in [-0.2, 0) is 14.3 Å². The van der Waals surface area contributed by atoms with Gasteiger partial charge in [-0.05, 0) is 6.08 Å². The van der Waals surface area contributed by atoms with Crippen molar-refractivity contribution in [1.29, 1.82) is 0 Å². The zero-order valence-corrected chi connectivity index (χ0v) is 11.5. The summed E-state index contributed by atoms with van der Waals surface area (Å²) in [7, 11) is 1.50. The van der Waals surface area contributed by atoms with Gasteiger partial charge in [0.25, 0.3) is 0 Å². The Bertz CT molecular complexity index is 265. The number of carbonyl (C=O) groups excluding carboxylic acids is 1. The molecule has 0 N–H and O–H groups in total. The van der Waals surface area contributed by atoms with E-state index in [-0.39, 0.29) is 5.92 Å². The summed E-state index contributed by atoms with van der Waals surface area (Å²) in [5, 5.41) is 0. The van der Waals surface area contributed by atoms with Crippen molar-refractivity contribution < 1.29 is 14.3 Å². The Balaban J connectivity index is 0. The monoisotopic (exact) mass is 240 g/mol. The lowest BCUT2D eigenvalue weighted by molar-refractivity contribution is -0.177. The van der Waals surface area contributed by atoms with Gasteiger partial charge in [-0.1, -0.05) is 53.0 Å². The highest BCUT2D eigenvalue weighted by Gasteiger charge is 2.18. The van der Waals surface area contributed by atoms with Gasteiger partial charge in [-0.15, -0.1) is 0 Å². The number of ether oxygens (including phenoxy) is 2. The summed E-state index contributed by atoms with van der Waals surface area (Å²) in [6.45, 7) is 14.8. The van der Waals surface area contributed by atoms with Crippen LogP contribution in [0, 0.1) is 5.92 Å². The first-order valence-corrected chi connectivity index (χ1v) is 5.75. The maximum atomic E-state index is 11.5. The molecule has 0 heterocycles. The topological polar surface area (TPSA) is 35.5 Å². The second-order valence-corrected chi connectivity index (χ2v) is 3.32. The normalized spacial score (nSPS) is 12.2. The van der Waals surface area contributed by atoms with Crippen LogP contribution in [0.4, 0.5) is 0 Å². The third-order valence-corrected chi connectivity index (χ3v) is 1.75. The van der Waals surface area contributed by atoms with Crippen LogP contribution < -0.4 is 0 Å². The van der Waals surface area contributed by atoms with Crippen molar-refractivity contribution >= 4 is 5.97 Å². The molecule has 3 heteroatoms. The molecule has 98 valence electrons. The summed E-state index contributed by atoms with van der Waals surface area (Å²) in [5.41, 5.74) is 0.368. The minimum Gasteiger partial charge on any atom is -0.432 e. The van der Waals surface area contributed by atoms with Crippen molar-refractivity contribution in [3.05, 3.63) is 37.0 Å². The lowest BCUT2D eigenvalue weighted by Gasteiger charge is -2.19. The van der Waals surface area contributed by atoms with Crippen LogP contribution in [0.5, 0.6) is 0 Å². The molecule has 0 aliphatic heterocycles. The Morgan fingerprint density at radius 1 is 1.24 bits per heavy atom.